The van der Waals surface area contributed by atoms with Gasteiger partial charge in [-0.3, -0.25) is 0 Å². The summed E-state index contributed by atoms with van der Waals surface area (Å²) in [6.45, 7) is 7.65. The van der Waals surface area contributed by atoms with Gasteiger partial charge in [-0.25, -0.2) is 0 Å². The van der Waals surface area contributed by atoms with Gasteiger partial charge in [0.1, 0.15) is 0 Å². The standard InChI is InChI=1S/C14H23BrN2/c1-6-14(2,3)17(5)12-8-7-11(10-16-4)13(15)9-12/h7-9,16H,6,10H2,1-5H3. The van der Waals surface area contributed by atoms with E-state index in [1.54, 1.807) is 0 Å². The molecule has 0 spiro atoms. The second kappa shape index (κ2) is 5.87. The zero-order valence-corrected chi connectivity index (χ0v) is 13.1. The molecule has 0 amide bonds. The summed E-state index contributed by atoms with van der Waals surface area (Å²) in [5, 5.41) is 3.17. The third-order valence-corrected chi connectivity index (χ3v) is 4.30. The second-order valence-electron chi connectivity index (χ2n) is 5.03. The fourth-order valence-corrected chi connectivity index (χ4v) is 2.17. The Morgan fingerprint density at radius 3 is 2.47 bits per heavy atom. The Balaban J connectivity index is 2.97. The van der Waals surface area contributed by atoms with Gasteiger partial charge in [0.15, 0.2) is 0 Å². The van der Waals surface area contributed by atoms with Crippen LogP contribution >= 0.6 is 15.9 Å². The highest BCUT2D eigenvalue weighted by atomic mass is 79.9. The molecule has 0 saturated carbocycles. The number of anilines is 1. The third-order valence-electron chi connectivity index (χ3n) is 3.56. The van der Waals surface area contributed by atoms with Gasteiger partial charge in [-0.15, -0.1) is 0 Å². The Bertz CT molecular complexity index is 374. The van der Waals surface area contributed by atoms with E-state index in [1.165, 1.54) is 15.7 Å². The Morgan fingerprint density at radius 1 is 1.35 bits per heavy atom. The molecule has 1 N–H and O–H groups in total. The molecule has 0 atom stereocenters. The Hall–Kier alpha value is -0.540. The molecule has 96 valence electrons. The Kier molecular flexibility index (Phi) is 5.02. The van der Waals surface area contributed by atoms with Crippen LogP contribution in [0.1, 0.15) is 32.8 Å². The van der Waals surface area contributed by atoms with Gasteiger partial charge in [-0.05, 0) is 45.0 Å². The van der Waals surface area contributed by atoms with E-state index in [1.807, 2.05) is 7.05 Å². The fourth-order valence-electron chi connectivity index (χ4n) is 1.67. The van der Waals surface area contributed by atoms with Crippen LogP contribution in [0.4, 0.5) is 5.69 Å². The third kappa shape index (κ3) is 3.46. The first-order chi connectivity index (χ1) is 7.92. The monoisotopic (exact) mass is 298 g/mol. The summed E-state index contributed by atoms with van der Waals surface area (Å²) >= 11 is 3.64. The smallest absolute Gasteiger partial charge is 0.0379 e. The van der Waals surface area contributed by atoms with Gasteiger partial charge >= 0.3 is 0 Å². The van der Waals surface area contributed by atoms with Crippen LogP contribution in [0.2, 0.25) is 0 Å². The van der Waals surface area contributed by atoms with Gasteiger partial charge in [0.25, 0.3) is 0 Å². The molecule has 0 aliphatic heterocycles. The van der Waals surface area contributed by atoms with Crippen molar-refractivity contribution in [3.05, 3.63) is 28.2 Å². The lowest BCUT2D eigenvalue weighted by molar-refractivity contribution is 0.470. The quantitative estimate of drug-likeness (QED) is 0.890. The van der Waals surface area contributed by atoms with Crippen molar-refractivity contribution in [3.63, 3.8) is 0 Å². The predicted molar refractivity (Wildman–Crippen MR) is 79.7 cm³/mol. The molecule has 0 heterocycles. The highest BCUT2D eigenvalue weighted by Crippen LogP contribution is 2.29. The highest BCUT2D eigenvalue weighted by Gasteiger charge is 2.21. The van der Waals surface area contributed by atoms with E-state index in [4.69, 9.17) is 0 Å². The van der Waals surface area contributed by atoms with E-state index in [0.29, 0.717) is 0 Å². The molecule has 0 aliphatic rings. The summed E-state index contributed by atoms with van der Waals surface area (Å²) in [5.41, 5.74) is 2.73. The van der Waals surface area contributed by atoms with Crippen LogP contribution in [0.15, 0.2) is 22.7 Å². The molecule has 0 aliphatic carbocycles. The molecular formula is C14H23BrN2. The molecule has 3 heteroatoms. The van der Waals surface area contributed by atoms with Crippen molar-refractivity contribution in [3.8, 4) is 0 Å². The number of nitrogens with one attached hydrogen (secondary N) is 1. The van der Waals surface area contributed by atoms with E-state index < -0.39 is 0 Å². The van der Waals surface area contributed by atoms with Crippen LogP contribution in [0.25, 0.3) is 0 Å². The number of hydrogen-bond acceptors (Lipinski definition) is 2. The van der Waals surface area contributed by atoms with Gasteiger partial charge in [0.2, 0.25) is 0 Å². The molecule has 1 aromatic rings. The van der Waals surface area contributed by atoms with Gasteiger partial charge in [0.05, 0.1) is 0 Å². The van der Waals surface area contributed by atoms with E-state index in [0.717, 1.165) is 13.0 Å². The molecule has 0 saturated heterocycles. The van der Waals surface area contributed by atoms with Crippen LogP contribution in [0.3, 0.4) is 0 Å². The first kappa shape index (κ1) is 14.5. The normalized spacial score (nSPS) is 11.6. The van der Waals surface area contributed by atoms with Gasteiger partial charge in [-0.1, -0.05) is 28.9 Å². The number of rotatable bonds is 5. The van der Waals surface area contributed by atoms with Crippen molar-refractivity contribution in [2.45, 2.75) is 39.3 Å². The van der Waals surface area contributed by atoms with Crippen molar-refractivity contribution in [2.24, 2.45) is 0 Å². The lowest BCUT2D eigenvalue weighted by atomic mass is 9.99. The molecule has 1 aromatic carbocycles. The first-order valence-corrected chi connectivity index (χ1v) is 6.88. The van der Waals surface area contributed by atoms with Crippen LogP contribution in [0.5, 0.6) is 0 Å². The van der Waals surface area contributed by atoms with Crippen molar-refractivity contribution < 1.29 is 0 Å². The summed E-state index contributed by atoms with van der Waals surface area (Å²) in [6, 6.07) is 6.57. The topological polar surface area (TPSA) is 15.3 Å². The van der Waals surface area contributed by atoms with Crippen LogP contribution in [-0.4, -0.2) is 19.6 Å². The zero-order chi connectivity index (χ0) is 13.1. The number of halogens is 1. The lowest BCUT2D eigenvalue weighted by Gasteiger charge is -2.37. The maximum atomic E-state index is 3.64. The zero-order valence-electron chi connectivity index (χ0n) is 11.5. The van der Waals surface area contributed by atoms with E-state index in [9.17, 15) is 0 Å². The minimum atomic E-state index is 0.184. The molecule has 0 aromatic heterocycles. The van der Waals surface area contributed by atoms with Crippen LogP contribution in [0, 0.1) is 0 Å². The van der Waals surface area contributed by atoms with Crippen molar-refractivity contribution in [2.75, 3.05) is 19.0 Å². The average molecular weight is 299 g/mol. The Morgan fingerprint density at radius 2 is 2.00 bits per heavy atom. The van der Waals surface area contributed by atoms with E-state index >= 15 is 0 Å². The minimum Gasteiger partial charge on any atom is -0.369 e. The molecule has 0 fully saturated rings. The molecule has 0 bridgehead atoms. The molecule has 17 heavy (non-hydrogen) atoms. The highest BCUT2D eigenvalue weighted by molar-refractivity contribution is 9.10. The molecule has 0 radical (unpaired) electrons. The largest absolute Gasteiger partial charge is 0.369 e. The minimum absolute atomic E-state index is 0.184. The average Bonchev–Trinajstić information content (AvgIpc) is 2.31. The van der Waals surface area contributed by atoms with Crippen LogP contribution in [-0.2, 0) is 6.54 Å². The maximum Gasteiger partial charge on any atom is 0.0379 e. The number of nitrogens with zero attached hydrogens (tertiary/aromatic N) is 1. The molecule has 1 rings (SSSR count). The second-order valence-corrected chi connectivity index (χ2v) is 5.89. The van der Waals surface area contributed by atoms with Crippen LogP contribution < -0.4 is 10.2 Å². The summed E-state index contributed by atoms with van der Waals surface area (Å²) < 4.78 is 1.17. The van der Waals surface area contributed by atoms with E-state index in [2.05, 4.69) is 72.2 Å². The maximum absolute atomic E-state index is 3.64. The van der Waals surface area contributed by atoms with Crippen molar-refractivity contribution in [1.82, 2.24) is 5.32 Å². The van der Waals surface area contributed by atoms with Crippen molar-refractivity contribution in [1.29, 1.82) is 0 Å². The summed E-state index contributed by atoms with van der Waals surface area (Å²) in [7, 11) is 4.12. The van der Waals surface area contributed by atoms with Gasteiger partial charge < -0.3 is 10.2 Å². The van der Waals surface area contributed by atoms with Gasteiger partial charge in [-0.2, -0.15) is 0 Å². The van der Waals surface area contributed by atoms with Crippen molar-refractivity contribution >= 4 is 21.6 Å². The molecule has 0 unspecified atom stereocenters. The lowest BCUT2D eigenvalue weighted by Crippen LogP contribution is -2.40. The van der Waals surface area contributed by atoms with E-state index in [-0.39, 0.29) is 5.54 Å². The summed E-state index contributed by atoms with van der Waals surface area (Å²) in [6.07, 6.45) is 1.12. The number of hydrogen-bond donors (Lipinski definition) is 1. The molecular weight excluding hydrogens is 276 g/mol. The SMILES string of the molecule is CCC(C)(C)N(C)c1ccc(CNC)c(Br)c1. The molecule has 2 nitrogen and oxygen atoms in total. The predicted octanol–water partition coefficient (Wildman–Crippen LogP) is 3.79. The fraction of sp³-hybridized carbons (Fsp3) is 0.571. The Labute approximate surface area is 114 Å². The van der Waals surface area contributed by atoms with Gasteiger partial charge in [0, 0.05) is 29.3 Å². The first-order valence-electron chi connectivity index (χ1n) is 6.09. The summed E-state index contributed by atoms with van der Waals surface area (Å²) in [4.78, 5) is 2.33. The number of benzene rings is 1. The summed E-state index contributed by atoms with van der Waals surface area (Å²) in [5.74, 6) is 0.